The molecule has 1 fully saturated rings. The Morgan fingerprint density at radius 2 is 1.13 bits per heavy atom. The van der Waals surface area contributed by atoms with Gasteiger partial charge < -0.3 is 23.7 Å². The molecule has 0 spiro atoms. The minimum atomic E-state index is -0.626. The first-order valence-electron chi connectivity index (χ1n) is 15.9. The van der Waals surface area contributed by atoms with Crippen LogP contribution in [0.1, 0.15) is 28.5 Å². The van der Waals surface area contributed by atoms with Crippen LogP contribution < -0.4 is 4.74 Å². The van der Waals surface area contributed by atoms with E-state index in [0.29, 0.717) is 44.4 Å². The molecule has 4 aromatic carbocycles. The summed E-state index contributed by atoms with van der Waals surface area (Å²) in [5, 5.41) is 5.58. The van der Waals surface area contributed by atoms with Gasteiger partial charge in [-0.25, -0.2) is 9.67 Å². The quantitative estimate of drug-likeness (QED) is 0.126. The van der Waals surface area contributed by atoms with Crippen LogP contribution in [0.2, 0.25) is 0 Å². The minimum absolute atomic E-state index is 0.314. The van der Waals surface area contributed by atoms with Crippen molar-refractivity contribution in [1.82, 2.24) is 14.8 Å². The van der Waals surface area contributed by atoms with E-state index < -0.39 is 24.5 Å². The number of rotatable bonds is 14. The summed E-state index contributed by atoms with van der Waals surface area (Å²) in [4.78, 5) is 4.71. The zero-order chi connectivity index (χ0) is 31.7. The number of hydrogen-bond donors (Lipinski definition) is 0. The Balaban J connectivity index is 1.18. The first-order chi connectivity index (χ1) is 23.3. The minimum Gasteiger partial charge on any atom is -0.488 e. The third-order valence-corrected chi connectivity index (χ3v) is 8.19. The van der Waals surface area contributed by atoms with Crippen molar-refractivity contribution in [2.75, 3.05) is 6.61 Å². The Labute approximate surface area is 274 Å². The second-order valence-corrected chi connectivity index (χ2v) is 11.5. The Bertz CT molecular complexity index is 1820. The molecule has 0 aliphatic carbocycles. The lowest BCUT2D eigenvalue weighted by Crippen LogP contribution is -2.38. The highest BCUT2D eigenvalue weighted by molar-refractivity contribution is 5.81. The molecule has 0 saturated carbocycles. The van der Waals surface area contributed by atoms with E-state index in [9.17, 15) is 0 Å². The summed E-state index contributed by atoms with van der Waals surface area (Å²) in [5.41, 5.74) is 4.92. The van der Waals surface area contributed by atoms with Crippen LogP contribution >= 0.6 is 0 Å². The van der Waals surface area contributed by atoms with Gasteiger partial charge in [-0.05, 0) is 28.3 Å². The number of benzene rings is 4. The second-order valence-electron chi connectivity index (χ2n) is 11.5. The summed E-state index contributed by atoms with van der Waals surface area (Å²) in [5.74, 6) is 0.699. The molecule has 8 heteroatoms. The summed E-state index contributed by atoms with van der Waals surface area (Å²) in [7, 11) is 0. The summed E-state index contributed by atoms with van der Waals surface area (Å²) < 4.78 is 34.3. The fraction of sp³-hybridized carbons (Fsp3) is 0.231. The predicted molar refractivity (Wildman–Crippen MR) is 178 cm³/mol. The third kappa shape index (κ3) is 7.59. The standard InChI is InChI=1S/C39H37N3O5/c1-5-13-29(14-6-1)24-43-28-35-36(45-26-31-17-9-3-10-18-31)37(46-27-32-19-11-4-12-20-32)39(47-35)42-38-33(23-41-42)34(21-22-40-38)44-25-30-15-7-2-8-16-30/h1-23,35-37,39H,24-28H2/t35-,36-,37+,39-/m1/s1. The highest BCUT2D eigenvalue weighted by Crippen LogP contribution is 2.37. The molecule has 238 valence electrons. The predicted octanol–water partition coefficient (Wildman–Crippen LogP) is 7.30. The summed E-state index contributed by atoms with van der Waals surface area (Å²) in [6.45, 7) is 1.99. The van der Waals surface area contributed by atoms with Crippen LogP contribution in [0.15, 0.2) is 140 Å². The van der Waals surface area contributed by atoms with Crippen molar-refractivity contribution >= 4 is 11.0 Å². The maximum absolute atomic E-state index is 6.77. The molecule has 0 bridgehead atoms. The van der Waals surface area contributed by atoms with Gasteiger partial charge in [-0.3, -0.25) is 0 Å². The van der Waals surface area contributed by atoms with Gasteiger partial charge in [0.2, 0.25) is 0 Å². The molecule has 1 aliphatic heterocycles. The van der Waals surface area contributed by atoms with Gasteiger partial charge in [0.15, 0.2) is 11.9 Å². The van der Waals surface area contributed by atoms with Crippen LogP contribution in [-0.2, 0) is 45.4 Å². The zero-order valence-corrected chi connectivity index (χ0v) is 26.0. The number of aromatic nitrogens is 3. The molecule has 1 aliphatic rings. The van der Waals surface area contributed by atoms with Gasteiger partial charge >= 0.3 is 0 Å². The number of hydrogen-bond acceptors (Lipinski definition) is 7. The molecule has 0 N–H and O–H groups in total. The lowest BCUT2D eigenvalue weighted by Gasteiger charge is -2.25. The van der Waals surface area contributed by atoms with Gasteiger partial charge in [0.05, 0.1) is 38.0 Å². The zero-order valence-electron chi connectivity index (χ0n) is 26.0. The van der Waals surface area contributed by atoms with Crippen LogP contribution in [0.25, 0.3) is 11.0 Å². The molecular formula is C39H37N3O5. The molecule has 47 heavy (non-hydrogen) atoms. The molecule has 1 saturated heterocycles. The molecule has 7 rings (SSSR count). The summed E-state index contributed by atoms with van der Waals surface area (Å²) in [6, 6.07) is 42.3. The molecule has 8 nitrogen and oxygen atoms in total. The lowest BCUT2D eigenvalue weighted by molar-refractivity contribution is -0.0926. The molecule has 0 unspecified atom stereocenters. The van der Waals surface area contributed by atoms with Crippen molar-refractivity contribution in [2.45, 2.75) is 51.0 Å². The maximum atomic E-state index is 6.77. The SMILES string of the molecule is c1ccc(COC[C@H]2O[C@@H](n3ncc4c(OCc5ccccc5)ccnc43)[C@@H](OCc3ccccc3)[C@@H]2OCc2ccccc2)cc1. The highest BCUT2D eigenvalue weighted by atomic mass is 16.6. The smallest absolute Gasteiger partial charge is 0.181 e. The Morgan fingerprint density at radius 3 is 1.72 bits per heavy atom. The molecule has 3 heterocycles. The van der Waals surface area contributed by atoms with E-state index in [0.717, 1.165) is 27.6 Å². The highest BCUT2D eigenvalue weighted by Gasteiger charge is 2.48. The van der Waals surface area contributed by atoms with E-state index in [1.165, 1.54) is 0 Å². The fourth-order valence-electron chi connectivity index (χ4n) is 5.79. The molecule has 4 atom stereocenters. The van der Waals surface area contributed by atoms with E-state index in [1.54, 1.807) is 17.1 Å². The maximum Gasteiger partial charge on any atom is 0.181 e. The molecule has 0 amide bonds. The van der Waals surface area contributed by atoms with E-state index in [1.807, 2.05) is 115 Å². The van der Waals surface area contributed by atoms with Crippen molar-refractivity contribution in [2.24, 2.45) is 0 Å². The summed E-state index contributed by atoms with van der Waals surface area (Å²) in [6.07, 6.45) is 1.50. The number of nitrogens with zero attached hydrogens (tertiary/aromatic N) is 3. The largest absolute Gasteiger partial charge is 0.488 e. The van der Waals surface area contributed by atoms with Gasteiger partial charge in [-0.15, -0.1) is 0 Å². The van der Waals surface area contributed by atoms with E-state index in [2.05, 4.69) is 12.1 Å². The van der Waals surface area contributed by atoms with Crippen molar-refractivity contribution in [3.8, 4) is 5.75 Å². The number of pyridine rings is 1. The molecular weight excluding hydrogens is 590 g/mol. The molecule has 6 aromatic rings. The van der Waals surface area contributed by atoms with Crippen LogP contribution in [0.5, 0.6) is 5.75 Å². The third-order valence-electron chi connectivity index (χ3n) is 8.19. The first-order valence-corrected chi connectivity index (χ1v) is 15.9. The average Bonchev–Trinajstić information content (AvgIpc) is 3.72. The Kier molecular flexibility index (Phi) is 9.92. The fourth-order valence-corrected chi connectivity index (χ4v) is 5.79. The summed E-state index contributed by atoms with van der Waals surface area (Å²) >= 11 is 0. The Hall–Kier alpha value is -4.86. The van der Waals surface area contributed by atoms with Gasteiger partial charge in [0, 0.05) is 6.20 Å². The van der Waals surface area contributed by atoms with Crippen LogP contribution in [0.3, 0.4) is 0 Å². The van der Waals surface area contributed by atoms with Crippen molar-refractivity contribution in [3.05, 3.63) is 162 Å². The monoisotopic (exact) mass is 627 g/mol. The van der Waals surface area contributed by atoms with E-state index >= 15 is 0 Å². The van der Waals surface area contributed by atoms with E-state index in [4.69, 9.17) is 33.8 Å². The topological polar surface area (TPSA) is 76.9 Å². The number of fused-ring (bicyclic) bond motifs is 1. The van der Waals surface area contributed by atoms with Crippen molar-refractivity contribution in [3.63, 3.8) is 0 Å². The van der Waals surface area contributed by atoms with Crippen LogP contribution in [0, 0.1) is 0 Å². The van der Waals surface area contributed by atoms with Gasteiger partial charge in [0.25, 0.3) is 0 Å². The van der Waals surface area contributed by atoms with Crippen molar-refractivity contribution in [1.29, 1.82) is 0 Å². The van der Waals surface area contributed by atoms with Gasteiger partial charge in [0.1, 0.15) is 30.7 Å². The van der Waals surface area contributed by atoms with Crippen LogP contribution in [0.4, 0.5) is 0 Å². The normalized spacial score (nSPS) is 19.2. The van der Waals surface area contributed by atoms with E-state index in [-0.39, 0.29) is 0 Å². The lowest BCUT2D eigenvalue weighted by atomic mass is 10.1. The first kappa shape index (κ1) is 30.8. The molecule has 2 aromatic heterocycles. The average molecular weight is 628 g/mol. The number of ether oxygens (including phenoxy) is 5. The molecule has 0 radical (unpaired) electrons. The van der Waals surface area contributed by atoms with Gasteiger partial charge in [-0.2, -0.15) is 5.10 Å². The second kappa shape index (κ2) is 15.2. The van der Waals surface area contributed by atoms with Crippen LogP contribution in [-0.4, -0.2) is 39.7 Å². The Morgan fingerprint density at radius 1 is 0.596 bits per heavy atom. The van der Waals surface area contributed by atoms with Crippen molar-refractivity contribution < 1.29 is 23.7 Å². The van der Waals surface area contributed by atoms with Gasteiger partial charge in [-0.1, -0.05) is 121 Å².